The molecule has 1 aromatic carbocycles. The number of nitriles is 1. The first-order valence-corrected chi connectivity index (χ1v) is 8.21. The van der Waals surface area contributed by atoms with Gasteiger partial charge in [-0.2, -0.15) is 5.26 Å². The molecule has 0 saturated carbocycles. The van der Waals surface area contributed by atoms with Gasteiger partial charge in [0.15, 0.2) is 9.84 Å². The van der Waals surface area contributed by atoms with Crippen LogP contribution in [0.5, 0.6) is 5.75 Å². The molecule has 1 aliphatic heterocycles. The largest absolute Gasteiger partial charge is 0.491 e. The molecule has 2 rings (SSSR count). The molecule has 0 radical (unpaired) electrons. The van der Waals surface area contributed by atoms with Crippen LogP contribution in [-0.4, -0.2) is 38.7 Å². The molecule has 1 heterocycles. The highest BCUT2D eigenvalue weighted by atomic mass is 32.2. The molecule has 0 amide bonds. The van der Waals surface area contributed by atoms with E-state index in [1.807, 2.05) is 6.07 Å². The quantitative estimate of drug-likeness (QED) is 0.823. The van der Waals surface area contributed by atoms with E-state index >= 15 is 0 Å². The Hall–Kier alpha value is -1.58. The fourth-order valence-corrected chi connectivity index (χ4v) is 4.02. The van der Waals surface area contributed by atoms with Crippen LogP contribution in [-0.2, 0) is 14.6 Å². The molecule has 6 heteroatoms. The van der Waals surface area contributed by atoms with Crippen LogP contribution in [0.1, 0.15) is 18.9 Å². The van der Waals surface area contributed by atoms with Crippen LogP contribution >= 0.6 is 0 Å². The minimum absolute atomic E-state index is 0.0459. The first-order valence-electron chi connectivity index (χ1n) is 6.49. The van der Waals surface area contributed by atoms with E-state index in [1.165, 1.54) is 0 Å². The van der Waals surface area contributed by atoms with E-state index in [-0.39, 0.29) is 18.5 Å². The average Bonchev–Trinajstić information content (AvgIpc) is 2.86. The van der Waals surface area contributed by atoms with Gasteiger partial charge in [-0.15, -0.1) is 0 Å². The van der Waals surface area contributed by atoms with Gasteiger partial charge in [-0.1, -0.05) is 12.1 Å². The Morgan fingerprint density at radius 3 is 2.85 bits per heavy atom. The van der Waals surface area contributed by atoms with Gasteiger partial charge in [-0.3, -0.25) is 0 Å². The van der Waals surface area contributed by atoms with Gasteiger partial charge in [0, 0.05) is 6.61 Å². The molecule has 1 saturated heterocycles. The van der Waals surface area contributed by atoms with Gasteiger partial charge in [0.25, 0.3) is 0 Å². The standard InChI is InChI=1S/C14H17NO4S/c1-11-14(6-7-18-11)20(16,17)9-8-19-13-5-3-2-4-12(13)10-15/h2-5,11,14H,6-9H2,1H3. The number of rotatable bonds is 5. The molecule has 1 fully saturated rings. The lowest BCUT2D eigenvalue weighted by Gasteiger charge is -2.15. The smallest absolute Gasteiger partial charge is 0.159 e. The van der Waals surface area contributed by atoms with Gasteiger partial charge in [-0.25, -0.2) is 8.42 Å². The van der Waals surface area contributed by atoms with Crippen molar-refractivity contribution in [3.8, 4) is 11.8 Å². The molecule has 108 valence electrons. The Kier molecular flexibility index (Phi) is 4.63. The first-order chi connectivity index (χ1) is 9.54. The SMILES string of the molecule is CC1OCCC1S(=O)(=O)CCOc1ccccc1C#N. The lowest BCUT2D eigenvalue weighted by Crippen LogP contribution is -2.32. The van der Waals surface area contributed by atoms with E-state index in [4.69, 9.17) is 14.7 Å². The summed E-state index contributed by atoms with van der Waals surface area (Å²) in [6.45, 7) is 2.31. The lowest BCUT2D eigenvalue weighted by molar-refractivity contribution is 0.126. The topological polar surface area (TPSA) is 76.4 Å². The number of para-hydroxylation sites is 1. The first kappa shape index (κ1) is 14.8. The second-order valence-corrected chi connectivity index (χ2v) is 7.07. The molecule has 20 heavy (non-hydrogen) atoms. The van der Waals surface area contributed by atoms with Gasteiger partial charge < -0.3 is 9.47 Å². The van der Waals surface area contributed by atoms with Gasteiger partial charge >= 0.3 is 0 Å². The van der Waals surface area contributed by atoms with Gasteiger partial charge in [-0.05, 0) is 25.5 Å². The molecule has 0 bridgehead atoms. The second-order valence-electron chi connectivity index (χ2n) is 4.73. The summed E-state index contributed by atoms with van der Waals surface area (Å²) in [6.07, 6.45) is 0.282. The van der Waals surface area contributed by atoms with E-state index in [9.17, 15) is 8.42 Å². The molecule has 2 unspecified atom stereocenters. The van der Waals surface area contributed by atoms with Crippen molar-refractivity contribution < 1.29 is 17.9 Å². The van der Waals surface area contributed by atoms with Crippen molar-refractivity contribution in [2.45, 2.75) is 24.7 Å². The predicted molar refractivity (Wildman–Crippen MR) is 74.3 cm³/mol. The van der Waals surface area contributed by atoms with Crippen molar-refractivity contribution in [1.29, 1.82) is 5.26 Å². The predicted octanol–water partition coefficient (Wildman–Crippen LogP) is 1.53. The third kappa shape index (κ3) is 3.30. The van der Waals surface area contributed by atoms with Crippen molar-refractivity contribution in [1.82, 2.24) is 0 Å². The minimum atomic E-state index is -3.23. The zero-order valence-electron chi connectivity index (χ0n) is 11.3. The lowest BCUT2D eigenvalue weighted by atomic mass is 10.2. The van der Waals surface area contributed by atoms with E-state index in [0.717, 1.165) is 0 Å². The van der Waals surface area contributed by atoms with Crippen LogP contribution in [0.25, 0.3) is 0 Å². The Labute approximate surface area is 119 Å². The Morgan fingerprint density at radius 1 is 1.45 bits per heavy atom. The maximum absolute atomic E-state index is 12.2. The van der Waals surface area contributed by atoms with Crippen LogP contribution in [0, 0.1) is 11.3 Å². The summed E-state index contributed by atoms with van der Waals surface area (Å²) < 4.78 is 35.0. The van der Waals surface area contributed by atoms with Crippen LogP contribution in [0.4, 0.5) is 0 Å². The average molecular weight is 295 g/mol. The molecule has 5 nitrogen and oxygen atoms in total. The Bertz CT molecular complexity index is 606. The zero-order chi connectivity index (χ0) is 14.6. The third-order valence-corrected chi connectivity index (χ3v) is 5.68. The number of benzene rings is 1. The van der Waals surface area contributed by atoms with Crippen LogP contribution in [0.3, 0.4) is 0 Å². The third-order valence-electron chi connectivity index (χ3n) is 3.40. The fourth-order valence-electron chi connectivity index (χ4n) is 2.29. The molecule has 1 aromatic rings. The van der Waals surface area contributed by atoms with Crippen LogP contribution in [0.15, 0.2) is 24.3 Å². The second kappa shape index (κ2) is 6.25. The number of sulfone groups is 1. The van der Waals surface area contributed by atoms with Crippen molar-refractivity contribution in [3.05, 3.63) is 29.8 Å². The molecule has 1 aliphatic rings. The molecule has 0 N–H and O–H groups in total. The molecule has 0 spiro atoms. The molecular formula is C14H17NO4S. The summed E-state index contributed by atoms with van der Waals surface area (Å²) in [6, 6.07) is 8.79. The number of nitrogens with zero attached hydrogens (tertiary/aromatic N) is 1. The Balaban J connectivity index is 1.94. The molecular weight excluding hydrogens is 278 g/mol. The minimum Gasteiger partial charge on any atom is -0.491 e. The van der Waals surface area contributed by atoms with E-state index in [2.05, 4.69) is 0 Å². The van der Waals surface area contributed by atoms with Gasteiger partial charge in [0.1, 0.15) is 18.4 Å². The monoisotopic (exact) mass is 295 g/mol. The normalized spacial score (nSPS) is 22.4. The number of hydrogen-bond donors (Lipinski definition) is 0. The highest BCUT2D eigenvalue weighted by Gasteiger charge is 2.35. The number of ether oxygens (including phenoxy) is 2. The van der Waals surface area contributed by atoms with E-state index in [0.29, 0.717) is 24.3 Å². The molecule has 0 aromatic heterocycles. The maximum Gasteiger partial charge on any atom is 0.159 e. The molecule has 0 aliphatic carbocycles. The van der Waals surface area contributed by atoms with Crippen molar-refractivity contribution in [2.24, 2.45) is 0 Å². The van der Waals surface area contributed by atoms with Crippen molar-refractivity contribution >= 4 is 9.84 Å². The summed E-state index contributed by atoms with van der Waals surface area (Å²) >= 11 is 0. The Morgan fingerprint density at radius 2 is 2.20 bits per heavy atom. The van der Waals surface area contributed by atoms with Crippen molar-refractivity contribution in [2.75, 3.05) is 19.0 Å². The summed E-state index contributed by atoms with van der Waals surface area (Å²) in [4.78, 5) is 0. The number of hydrogen-bond acceptors (Lipinski definition) is 5. The summed E-state index contributed by atoms with van der Waals surface area (Å²) in [5, 5.41) is 8.47. The van der Waals surface area contributed by atoms with Crippen LogP contribution < -0.4 is 4.74 Å². The maximum atomic E-state index is 12.2. The summed E-state index contributed by atoms with van der Waals surface area (Å²) in [5.41, 5.74) is 0.405. The molecule has 2 atom stereocenters. The summed E-state index contributed by atoms with van der Waals surface area (Å²) in [5.74, 6) is 0.353. The zero-order valence-corrected chi connectivity index (χ0v) is 12.1. The highest BCUT2D eigenvalue weighted by Crippen LogP contribution is 2.22. The van der Waals surface area contributed by atoms with Crippen LogP contribution in [0.2, 0.25) is 0 Å². The highest BCUT2D eigenvalue weighted by molar-refractivity contribution is 7.92. The van der Waals surface area contributed by atoms with Gasteiger partial charge in [0.05, 0.1) is 22.7 Å². The fraction of sp³-hybridized carbons (Fsp3) is 0.500. The van der Waals surface area contributed by atoms with E-state index in [1.54, 1.807) is 31.2 Å². The van der Waals surface area contributed by atoms with E-state index < -0.39 is 15.1 Å². The van der Waals surface area contributed by atoms with Crippen molar-refractivity contribution in [3.63, 3.8) is 0 Å². The van der Waals surface area contributed by atoms with Gasteiger partial charge in [0.2, 0.25) is 0 Å². The summed E-state index contributed by atoms with van der Waals surface area (Å²) in [7, 11) is -3.23.